The van der Waals surface area contributed by atoms with Crippen LogP contribution in [0, 0.1) is 0 Å². The van der Waals surface area contributed by atoms with Crippen molar-refractivity contribution in [3.63, 3.8) is 0 Å². The van der Waals surface area contributed by atoms with Crippen LogP contribution in [-0.2, 0) is 9.47 Å². The molecule has 7 heteroatoms. The van der Waals surface area contributed by atoms with Gasteiger partial charge in [-0.05, 0) is 36.2 Å². The summed E-state index contributed by atoms with van der Waals surface area (Å²) in [5.74, 6) is -0.958. The molecular formula is C19H16O7. The third-order valence-electron chi connectivity index (χ3n) is 4.59. The topological polar surface area (TPSA) is 117 Å². The molecule has 3 N–H and O–H groups in total. The standard InChI is InChI=1S/C19H16O7/c1-8(20)13-6-9(2-4-11(13)16-19(24)25-16)15(21)10-3-5-12-14(7-10)18(23)26-17(12)22/h2-8,16,18-20,23-24H,1H3. The van der Waals surface area contributed by atoms with Gasteiger partial charge < -0.3 is 24.8 Å². The minimum absolute atomic E-state index is 0.230. The maximum absolute atomic E-state index is 12.8. The van der Waals surface area contributed by atoms with Crippen molar-refractivity contribution in [1.29, 1.82) is 0 Å². The summed E-state index contributed by atoms with van der Waals surface area (Å²) in [6, 6.07) is 9.15. The second-order valence-corrected chi connectivity index (χ2v) is 6.36. The number of ketones is 1. The molecule has 4 atom stereocenters. The summed E-state index contributed by atoms with van der Waals surface area (Å²) in [4.78, 5) is 24.4. The first-order valence-corrected chi connectivity index (χ1v) is 8.10. The highest BCUT2D eigenvalue weighted by Crippen LogP contribution is 2.40. The number of hydrogen-bond donors (Lipinski definition) is 3. The van der Waals surface area contributed by atoms with E-state index in [2.05, 4.69) is 0 Å². The van der Waals surface area contributed by atoms with Crippen molar-refractivity contribution in [1.82, 2.24) is 0 Å². The fourth-order valence-electron chi connectivity index (χ4n) is 3.16. The summed E-state index contributed by atoms with van der Waals surface area (Å²) >= 11 is 0. The van der Waals surface area contributed by atoms with E-state index in [0.717, 1.165) is 0 Å². The van der Waals surface area contributed by atoms with Crippen LogP contribution in [0.25, 0.3) is 0 Å². The Hall–Kier alpha value is -2.58. The lowest BCUT2D eigenvalue weighted by atomic mass is 9.93. The quantitative estimate of drug-likeness (QED) is 0.432. The predicted molar refractivity (Wildman–Crippen MR) is 87.2 cm³/mol. The summed E-state index contributed by atoms with van der Waals surface area (Å²) in [5.41, 5.74) is 2.23. The van der Waals surface area contributed by atoms with E-state index in [1.165, 1.54) is 18.2 Å². The van der Waals surface area contributed by atoms with Crippen LogP contribution in [0.3, 0.4) is 0 Å². The van der Waals surface area contributed by atoms with E-state index in [0.29, 0.717) is 16.7 Å². The third kappa shape index (κ3) is 2.71. The molecule has 2 aliphatic rings. The minimum atomic E-state index is -1.38. The Kier molecular flexibility index (Phi) is 3.89. The molecule has 0 radical (unpaired) electrons. The van der Waals surface area contributed by atoms with Gasteiger partial charge in [0.1, 0.15) is 6.10 Å². The summed E-state index contributed by atoms with van der Waals surface area (Å²) in [6.45, 7) is 1.57. The van der Waals surface area contributed by atoms with Crippen molar-refractivity contribution in [3.05, 3.63) is 69.8 Å². The molecule has 7 nitrogen and oxygen atoms in total. The number of aliphatic hydroxyl groups is 3. The Balaban J connectivity index is 1.70. The van der Waals surface area contributed by atoms with E-state index in [1.54, 1.807) is 25.1 Å². The Morgan fingerprint density at radius 3 is 2.38 bits per heavy atom. The summed E-state index contributed by atoms with van der Waals surface area (Å²) in [7, 11) is 0. The number of carbonyl (C=O) groups is 2. The lowest BCUT2D eigenvalue weighted by Gasteiger charge is -2.12. The van der Waals surface area contributed by atoms with Crippen LogP contribution < -0.4 is 0 Å². The first-order valence-electron chi connectivity index (χ1n) is 8.10. The van der Waals surface area contributed by atoms with Gasteiger partial charge in [-0.2, -0.15) is 0 Å². The Labute approximate surface area is 148 Å². The average molecular weight is 356 g/mol. The Bertz CT molecular complexity index is 918. The van der Waals surface area contributed by atoms with Crippen molar-refractivity contribution < 1.29 is 34.4 Å². The van der Waals surface area contributed by atoms with Crippen molar-refractivity contribution >= 4 is 11.8 Å². The molecule has 1 saturated heterocycles. The predicted octanol–water partition coefficient (Wildman–Crippen LogP) is 1.52. The van der Waals surface area contributed by atoms with Crippen molar-refractivity contribution in [2.75, 3.05) is 0 Å². The molecule has 26 heavy (non-hydrogen) atoms. The molecule has 0 saturated carbocycles. The molecule has 2 aromatic rings. The van der Waals surface area contributed by atoms with Crippen molar-refractivity contribution in [2.45, 2.75) is 31.7 Å². The zero-order valence-electron chi connectivity index (χ0n) is 13.7. The number of fused-ring (bicyclic) bond motifs is 1. The molecule has 0 amide bonds. The number of esters is 1. The van der Waals surface area contributed by atoms with E-state index >= 15 is 0 Å². The fraction of sp³-hybridized carbons (Fsp3) is 0.263. The number of carbonyl (C=O) groups excluding carboxylic acids is 2. The van der Waals surface area contributed by atoms with Gasteiger partial charge >= 0.3 is 5.97 Å². The van der Waals surface area contributed by atoms with Gasteiger partial charge in [-0.1, -0.05) is 18.2 Å². The monoisotopic (exact) mass is 356 g/mol. The van der Waals surface area contributed by atoms with E-state index in [9.17, 15) is 24.9 Å². The van der Waals surface area contributed by atoms with E-state index < -0.39 is 30.8 Å². The van der Waals surface area contributed by atoms with Crippen LogP contribution in [0.2, 0.25) is 0 Å². The highest BCUT2D eigenvalue weighted by Gasteiger charge is 2.40. The highest BCUT2D eigenvalue weighted by molar-refractivity contribution is 6.10. The normalized spacial score (nSPS) is 24.8. The molecule has 0 bridgehead atoms. The second-order valence-electron chi connectivity index (χ2n) is 6.36. The van der Waals surface area contributed by atoms with Gasteiger partial charge in [-0.15, -0.1) is 0 Å². The SMILES string of the molecule is CC(O)c1cc(C(=O)c2ccc3c(c2)C(O)OC3=O)ccc1C1OC1O. The maximum Gasteiger partial charge on any atom is 0.341 e. The van der Waals surface area contributed by atoms with Crippen LogP contribution in [0.15, 0.2) is 36.4 Å². The van der Waals surface area contributed by atoms with Gasteiger partial charge in [0.05, 0.1) is 11.7 Å². The number of hydrogen-bond acceptors (Lipinski definition) is 7. The summed E-state index contributed by atoms with van der Waals surface area (Å²) in [5, 5.41) is 29.2. The van der Waals surface area contributed by atoms with Gasteiger partial charge in [0.2, 0.25) is 6.29 Å². The molecule has 2 aliphatic heterocycles. The third-order valence-corrected chi connectivity index (χ3v) is 4.59. The molecule has 1 fully saturated rings. The summed E-state index contributed by atoms with van der Waals surface area (Å²) < 4.78 is 9.75. The molecule has 134 valence electrons. The van der Waals surface area contributed by atoms with Gasteiger partial charge in [0, 0.05) is 16.7 Å². The number of ether oxygens (including phenoxy) is 2. The van der Waals surface area contributed by atoms with Gasteiger partial charge in [0.25, 0.3) is 0 Å². The van der Waals surface area contributed by atoms with Crippen LogP contribution in [0.5, 0.6) is 0 Å². The average Bonchev–Trinajstić information content (AvgIpc) is 3.28. The number of rotatable bonds is 4. The minimum Gasteiger partial charge on any atom is -0.428 e. The number of aliphatic hydroxyl groups excluding tert-OH is 3. The Morgan fingerprint density at radius 2 is 1.73 bits per heavy atom. The molecule has 0 spiro atoms. The number of epoxide rings is 1. The van der Waals surface area contributed by atoms with Gasteiger partial charge in [-0.25, -0.2) is 4.79 Å². The van der Waals surface area contributed by atoms with Crippen LogP contribution >= 0.6 is 0 Å². The van der Waals surface area contributed by atoms with E-state index in [-0.39, 0.29) is 22.5 Å². The lowest BCUT2D eigenvalue weighted by Crippen LogP contribution is -2.07. The molecule has 4 rings (SSSR count). The zero-order valence-corrected chi connectivity index (χ0v) is 13.7. The highest BCUT2D eigenvalue weighted by atomic mass is 16.7. The largest absolute Gasteiger partial charge is 0.428 e. The first kappa shape index (κ1) is 16.9. The molecular weight excluding hydrogens is 340 g/mol. The summed E-state index contributed by atoms with van der Waals surface area (Å²) in [6.07, 6.45) is -3.62. The first-order chi connectivity index (χ1) is 12.4. The van der Waals surface area contributed by atoms with Crippen LogP contribution in [-0.4, -0.2) is 33.4 Å². The maximum atomic E-state index is 12.8. The van der Waals surface area contributed by atoms with Crippen molar-refractivity contribution in [2.24, 2.45) is 0 Å². The van der Waals surface area contributed by atoms with Crippen LogP contribution in [0.4, 0.5) is 0 Å². The molecule has 4 unspecified atom stereocenters. The number of cyclic esters (lactones) is 1. The van der Waals surface area contributed by atoms with Crippen LogP contribution in [0.1, 0.15) is 68.4 Å². The van der Waals surface area contributed by atoms with E-state index in [1.807, 2.05) is 0 Å². The smallest absolute Gasteiger partial charge is 0.341 e. The molecule has 0 aliphatic carbocycles. The fourth-order valence-corrected chi connectivity index (χ4v) is 3.16. The zero-order chi connectivity index (χ0) is 18.6. The Morgan fingerprint density at radius 1 is 1.08 bits per heavy atom. The van der Waals surface area contributed by atoms with E-state index in [4.69, 9.17) is 9.47 Å². The molecule has 0 aromatic heterocycles. The van der Waals surface area contributed by atoms with Crippen molar-refractivity contribution in [3.8, 4) is 0 Å². The van der Waals surface area contributed by atoms with Gasteiger partial charge in [0.15, 0.2) is 12.1 Å². The molecule has 2 heterocycles. The lowest BCUT2D eigenvalue weighted by molar-refractivity contribution is -0.0547. The van der Waals surface area contributed by atoms with Gasteiger partial charge in [-0.3, -0.25) is 4.79 Å². The molecule has 2 aromatic carbocycles. The second kappa shape index (κ2) is 6.00. The number of benzene rings is 2.